The van der Waals surface area contributed by atoms with Gasteiger partial charge in [0.1, 0.15) is 11.0 Å². The van der Waals surface area contributed by atoms with Crippen LogP contribution in [0.3, 0.4) is 0 Å². The van der Waals surface area contributed by atoms with E-state index in [1.807, 2.05) is 49.4 Å². The summed E-state index contributed by atoms with van der Waals surface area (Å²) in [6.45, 7) is 7.66. The summed E-state index contributed by atoms with van der Waals surface area (Å²) in [7, 11) is 4.11. The fraction of sp³-hybridized carbons (Fsp3) is 0.333. The number of aryl methyl sites for hydroxylation is 1. The lowest BCUT2D eigenvalue weighted by Gasteiger charge is -2.43. The molecule has 2 aliphatic heterocycles. The maximum Gasteiger partial charge on any atom is 0.246 e. The molecule has 2 unspecified atom stereocenters. The number of benzene rings is 3. The standard InChI is InChI=1S/C36H35ClFN7O/c1-5-29(46)44-15-13-24(16-23(44)12-14-39)45-20-40-34-35(45)27-17-28(37)31(26-11-7-10-22-9-6-8-21(2)30(22)26)32(38)33(27)41-36(34)43-18-25(19-43)42(3)4/h5-11,17,20,23-25H,1,12-13,15-16,18-19H2,2-4H3. The van der Waals surface area contributed by atoms with Gasteiger partial charge in [-0.1, -0.05) is 54.6 Å². The maximum absolute atomic E-state index is 17.1. The van der Waals surface area contributed by atoms with Crippen LogP contribution in [0.2, 0.25) is 5.02 Å². The molecule has 0 spiro atoms. The Morgan fingerprint density at radius 2 is 1.98 bits per heavy atom. The highest BCUT2D eigenvalue weighted by Crippen LogP contribution is 2.44. The second-order valence-electron chi connectivity index (χ2n) is 12.7. The molecule has 46 heavy (non-hydrogen) atoms. The summed E-state index contributed by atoms with van der Waals surface area (Å²) in [5.41, 5.74) is 3.80. The fourth-order valence-electron chi connectivity index (χ4n) is 7.27. The average molecular weight is 636 g/mol. The van der Waals surface area contributed by atoms with Gasteiger partial charge in [0.25, 0.3) is 0 Å². The first kappa shape index (κ1) is 30.2. The highest BCUT2D eigenvalue weighted by Gasteiger charge is 2.35. The van der Waals surface area contributed by atoms with Crippen LogP contribution < -0.4 is 4.90 Å². The van der Waals surface area contributed by atoms with Crippen molar-refractivity contribution in [1.82, 2.24) is 24.3 Å². The molecule has 234 valence electrons. The van der Waals surface area contributed by atoms with Crippen LogP contribution >= 0.6 is 11.6 Å². The number of anilines is 1. The van der Waals surface area contributed by atoms with Crippen LogP contribution in [0.15, 0.2) is 61.4 Å². The van der Waals surface area contributed by atoms with Gasteiger partial charge in [-0.05, 0) is 67.9 Å². The number of piperidine rings is 1. The Balaban J connectivity index is 1.44. The molecule has 2 aromatic heterocycles. The topological polar surface area (TPSA) is 81.3 Å². The van der Waals surface area contributed by atoms with Gasteiger partial charge in [0, 0.05) is 48.7 Å². The number of carbonyl (C=O) groups is 1. The zero-order chi connectivity index (χ0) is 32.3. The summed E-state index contributed by atoms with van der Waals surface area (Å²) in [6.07, 6.45) is 4.53. The number of hydrogen-bond donors (Lipinski definition) is 0. The maximum atomic E-state index is 17.1. The predicted octanol–water partition coefficient (Wildman–Crippen LogP) is 6.89. The number of likely N-dealkylation sites (tertiary alicyclic amines) is 1. The number of amides is 1. The highest BCUT2D eigenvalue weighted by molar-refractivity contribution is 6.35. The van der Waals surface area contributed by atoms with Crippen molar-refractivity contribution in [3.63, 3.8) is 0 Å². The van der Waals surface area contributed by atoms with Gasteiger partial charge in [0.15, 0.2) is 11.6 Å². The van der Waals surface area contributed by atoms with E-state index in [1.165, 1.54) is 6.08 Å². The van der Waals surface area contributed by atoms with E-state index in [2.05, 4.69) is 41.1 Å². The third-order valence-electron chi connectivity index (χ3n) is 9.81. The van der Waals surface area contributed by atoms with Gasteiger partial charge in [-0.25, -0.2) is 14.4 Å². The molecule has 2 aliphatic rings. The van der Waals surface area contributed by atoms with E-state index in [-0.39, 0.29) is 29.9 Å². The minimum Gasteiger partial charge on any atom is -0.351 e. The molecule has 3 aromatic carbocycles. The molecule has 1 amide bonds. The Morgan fingerprint density at radius 1 is 1.22 bits per heavy atom. The third kappa shape index (κ3) is 4.79. The third-order valence-corrected chi connectivity index (χ3v) is 10.1. The normalized spacial score (nSPS) is 18.8. The molecule has 7 rings (SSSR count). The molecule has 2 saturated heterocycles. The van der Waals surface area contributed by atoms with Crippen molar-refractivity contribution in [1.29, 1.82) is 5.26 Å². The minimum absolute atomic E-state index is 0.0659. The molecule has 5 aromatic rings. The van der Waals surface area contributed by atoms with Crippen LogP contribution in [-0.2, 0) is 4.79 Å². The first-order valence-corrected chi connectivity index (χ1v) is 16.0. The molecular formula is C36H35ClFN7O. The second-order valence-corrected chi connectivity index (χ2v) is 13.1. The van der Waals surface area contributed by atoms with Crippen LogP contribution in [0, 0.1) is 24.1 Å². The molecule has 0 aliphatic carbocycles. The Morgan fingerprint density at radius 3 is 2.70 bits per heavy atom. The van der Waals surface area contributed by atoms with E-state index in [0.717, 1.165) is 40.5 Å². The van der Waals surface area contributed by atoms with Crippen molar-refractivity contribution in [2.24, 2.45) is 0 Å². The van der Waals surface area contributed by atoms with Gasteiger partial charge in [0.2, 0.25) is 5.91 Å². The monoisotopic (exact) mass is 635 g/mol. The van der Waals surface area contributed by atoms with Crippen molar-refractivity contribution in [3.8, 4) is 17.2 Å². The van der Waals surface area contributed by atoms with Crippen molar-refractivity contribution in [3.05, 3.63) is 77.9 Å². The van der Waals surface area contributed by atoms with E-state index < -0.39 is 5.82 Å². The van der Waals surface area contributed by atoms with Crippen molar-refractivity contribution < 1.29 is 9.18 Å². The number of likely N-dealkylation sites (N-methyl/N-ethyl adjacent to an activating group) is 1. The molecule has 0 bridgehead atoms. The predicted molar refractivity (Wildman–Crippen MR) is 182 cm³/mol. The Kier molecular flexibility index (Phi) is 7.66. The highest BCUT2D eigenvalue weighted by atomic mass is 35.5. The number of nitriles is 1. The van der Waals surface area contributed by atoms with Crippen LogP contribution in [0.25, 0.3) is 43.8 Å². The summed E-state index contributed by atoms with van der Waals surface area (Å²) in [5.74, 6) is 0.00507. The van der Waals surface area contributed by atoms with Crippen molar-refractivity contribution in [2.45, 2.75) is 44.3 Å². The van der Waals surface area contributed by atoms with E-state index in [1.54, 1.807) is 11.2 Å². The van der Waals surface area contributed by atoms with Gasteiger partial charge in [-0.3, -0.25) is 4.79 Å². The molecule has 0 N–H and O–H groups in total. The molecule has 2 atom stereocenters. The zero-order valence-corrected chi connectivity index (χ0v) is 26.9. The number of hydrogen-bond acceptors (Lipinski definition) is 6. The van der Waals surface area contributed by atoms with Gasteiger partial charge in [0.05, 0.1) is 29.4 Å². The Hall–Kier alpha value is -4.52. The summed E-state index contributed by atoms with van der Waals surface area (Å²) in [5, 5.41) is 12.4. The molecular weight excluding hydrogens is 601 g/mol. The molecule has 10 heteroatoms. The smallest absolute Gasteiger partial charge is 0.246 e. The van der Waals surface area contributed by atoms with E-state index in [9.17, 15) is 10.1 Å². The SMILES string of the molecule is C=CC(=O)N1CCC(n2cnc3c(N4CC(N(C)C)C4)nc4c(F)c(-c5cccc6cccc(C)c56)c(Cl)cc4c32)CC1CC#N. The first-order valence-electron chi connectivity index (χ1n) is 15.6. The second kappa shape index (κ2) is 11.7. The Labute approximate surface area is 272 Å². The summed E-state index contributed by atoms with van der Waals surface area (Å²) < 4.78 is 19.2. The fourth-order valence-corrected chi connectivity index (χ4v) is 7.57. The number of carbonyl (C=O) groups excluding carboxylic acids is 1. The number of fused-ring (bicyclic) bond motifs is 4. The quantitative estimate of drug-likeness (QED) is 0.189. The van der Waals surface area contributed by atoms with Crippen molar-refractivity contribution in [2.75, 3.05) is 38.6 Å². The first-order chi connectivity index (χ1) is 22.2. The van der Waals surface area contributed by atoms with Gasteiger partial charge in [-0.15, -0.1) is 0 Å². The van der Waals surface area contributed by atoms with E-state index in [0.29, 0.717) is 52.7 Å². The van der Waals surface area contributed by atoms with Crippen LogP contribution in [0.4, 0.5) is 10.2 Å². The Bertz CT molecular complexity index is 2070. The van der Waals surface area contributed by atoms with Gasteiger partial charge >= 0.3 is 0 Å². The summed E-state index contributed by atoms with van der Waals surface area (Å²) >= 11 is 7.03. The molecule has 8 nitrogen and oxygen atoms in total. The van der Waals surface area contributed by atoms with E-state index >= 15 is 4.39 Å². The summed E-state index contributed by atoms with van der Waals surface area (Å²) in [6, 6.07) is 16.0. The number of pyridine rings is 1. The minimum atomic E-state index is -0.465. The van der Waals surface area contributed by atoms with Crippen LogP contribution in [0.5, 0.6) is 0 Å². The number of halogens is 2. The zero-order valence-electron chi connectivity index (χ0n) is 26.2. The molecule has 0 saturated carbocycles. The largest absolute Gasteiger partial charge is 0.351 e. The van der Waals surface area contributed by atoms with Crippen molar-refractivity contribution >= 4 is 56.0 Å². The number of rotatable bonds is 6. The van der Waals surface area contributed by atoms with E-state index in [4.69, 9.17) is 21.6 Å². The van der Waals surface area contributed by atoms with Crippen LogP contribution in [0.1, 0.15) is 30.9 Å². The molecule has 0 radical (unpaired) electrons. The average Bonchev–Trinajstić information content (AvgIpc) is 3.46. The van der Waals surface area contributed by atoms with Gasteiger partial charge in [-0.2, -0.15) is 5.26 Å². The lowest BCUT2D eigenvalue weighted by Crippen LogP contribution is -2.57. The summed E-state index contributed by atoms with van der Waals surface area (Å²) in [4.78, 5) is 28.5. The van der Waals surface area contributed by atoms with Crippen LogP contribution in [-0.4, -0.2) is 76.1 Å². The number of imidazole rings is 1. The lowest BCUT2D eigenvalue weighted by molar-refractivity contribution is -0.130. The number of aromatic nitrogens is 3. The van der Waals surface area contributed by atoms with Gasteiger partial charge < -0.3 is 19.3 Å². The lowest BCUT2D eigenvalue weighted by atomic mass is 9.93. The molecule has 2 fully saturated rings. The number of nitrogens with zero attached hydrogens (tertiary/aromatic N) is 7. The molecule has 4 heterocycles.